The lowest BCUT2D eigenvalue weighted by molar-refractivity contribution is -0.150. The second kappa shape index (κ2) is 11.4. The number of likely N-dealkylation sites (tertiary alicyclic amines) is 1. The molecule has 2 saturated heterocycles. The molecule has 3 aliphatic rings. The molecular weight excluding hydrogens is 504 g/mol. The number of nitrogens with zero attached hydrogens (tertiary/aromatic N) is 4. The van der Waals surface area contributed by atoms with E-state index in [-0.39, 0.29) is 29.8 Å². The maximum atomic E-state index is 14.1. The number of fused-ring (bicyclic) bond motifs is 3. The van der Waals surface area contributed by atoms with Crippen LogP contribution in [-0.4, -0.2) is 63.4 Å². The van der Waals surface area contributed by atoms with Crippen LogP contribution < -0.4 is 10.3 Å². The van der Waals surface area contributed by atoms with Crippen molar-refractivity contribution >= 4 is 22.7 Å². The van der Waals surface area contributed by atoms with Gasteiger partial charge < -0.3 is 14.5 Å². The zero-order chi connectivity index (χ0) is 27.5. The molecule has 2 aromatic carbocycles. The average Bonchev–Trinajstić information content (AvgIpc) is 3.46. The smallest absolute Gasteiger partial charge is 0.261 e. The van der Waals surface area contributed by atoms with Crippen molar-refractivity contribution in [1.82, 2.24) is 19.4 Å². The van der Waals surface area contributed by atoms with Gasteiger partial charge in [0.25, 0.3) is 5.56 Å². The van der Waals surface area contributed by atoms with Gasteiger partial charge in [0.1, 0.15) is 12.4 Å². The van der Waals surface area contributed by atoms with Crippen molar-refractivity contribution in [1.29, 1.82) is 0 Å². The van der Waals surface area contributed by atoms with Gasteiger partial charge in [-0.05, 0) is 68.7 Å². The quantitative estimate of drug-likeness (QED) is 0.496. The zero-order valence-electron chi connectivity index (χ0n) is 23.1. The highest BCUT2D eigenvalue weighted by Crippen LogP contribution is 2.41. The van der Waals surface area contributed by atoms with Crippen LogP contribution in [-0.2, 0) is 22.6 Å². The summed E-state index contributed by atoms with van der Waals surface area (Å²) in [6.45, 7) is 2.77. The summed E-state index contributed by atoms with van der Waals surface area (Å²) in [5.74, 6) is 1.23. The summed E-state index contributed by atoms with van der Waals surface area (Å²) in [5.41, 5.74) is 1.36. The highest BCUT2D eigenvalue weighted by atomic mass is 16.5. The summed E-state index contributed by atoms with van der Waals surface area (Å²) in [5, 5.41) is 0.562. The van der Waals surface area contributed by atoms with E-state index in [1.54, 1.807) is 6.07 Å². The van der Waals surface area contributed by atoms with E-state index < -0.39 is 5.41 Å². The van der Waals surface area contributed by atoms with Crippen molar-refractivity contribution < 1.29 is 14.3 Å². The summed E-state index contributed by atoms with van der Waals surface area (Å²) >= 11 is 0. The third kappa shape index (κ3) is 5.23. The van der Waals surface area contributed by atoms with Gasteiger partial charge in [0, 0.05) is 32.6 Å². The lowest BCUT2D eigenvalue weighted by atomic mass is 9.72. The van der Waals surface area contributed by atoms with Crippen LogP contribution in [0.25, 0.3) is 10.9 Å². The lowest BCUT2D eigenvalue weighted by Gasteiger charge is -2.44. The third-order valence-corrected chi connectivity index (χ3v) is 9.22. The van der Waals surface area contributed by atoms with Gasteiger partial charge in [0.15, 0.2) is 0 Å². The first-order valence-electron chi connectivity index (χ1n) is 14.8. The maximum absolute atomic E-state index is 14.1. The molecule has 0 unspecified atom stereocenters. The van der Waals surface area contributed by atoms with Crippen LogP contribution in [0.1, 0.15) is 56.9 Å². The number of ether oxygens (including phenoxy) is 1. The van der Waals surface area contributed by atoms with Crippen molar-refractivity contribution in [3.05, 3.63) is 70.8 Å². The van der Waals surface area contributed by atoms with Crippen LogP contribution in [0.15, 0.2) is 59.7 Å². The standard InChI is InChI=1S/C32H38N4O4/c37-29(14-19-35-23-33-27-12-3-2-11-26(27)30(35)38)34-20-16-32(17-21-34)15-6-5-9-24-8-1-4-13-28(24)40-22-25-10-7-18-36(25)31(32)39/h1-4,8,11-13,23,25H,5-7,9-10,14-22H2/t25-/m0/s1. The summed E-state index contributed by atoms with van der Waals surface area (Å²) in [6, 6.07) is 15.7. The van der Waals surface area contributed by atoms with E-state index in [2.05, 4.69) is 22.0 Å². The first-order chi connectivity index (χ1) is 19.5. The molecule has 0 N–H and O–H groups in total. The van der Waals surface area contributed by atoms with E-state index in [0.717, 1.165) is 50.8 Å². The van der Waals surface area contributed by atoms with Gasteiger partial charge in [0.2, 0.25) is 11.8 Å². The molecule has 4 heterocycles. The van der Waals surface area contributed by atoms with Crippen LogP contribution in [0.3, 0.4) is 0 Å². The SMILES string of the molecule is O=C(CCn1cnc2ccccc2c1=O)N1CCC2(CCCCc3ccccc3OC[C@@H]3CCCN3C2=O)CC1. The van der Waals surface area contributed by atoms with Gasteiger partial charge in [0.05, 0.1) is 28.7 Å². The summed E-state index contributed by atoms with van der Waals surface area (Å²) in [7, 11) is 0. The summed E-state index contributed by atoms with van der Waals surface area (Å²) < 4.78 is 7.79. The Morgan fingerprint density at radius 2 is 1.75 bits per heavy atom. The molecule has 2 amide bonds. The van der Waals surface area contributed by atoms with Crippen LogP contribution in [0.5, 0.6) is 5.75 Å². The highest BCUT2D eigenvalue weighted by molar-refractivity contribution is 5.84. The van der Waals surface area contributed by atoms with E-state index in [9.17, 15) is 14.4 Å². The van der Waals surface area contributed by atoms with Crippen LogP contribution >= 0.6 is 0 Å². The molecular formula is C32H38N4O4. The Labute approximate surface area is 234 Å². The number of para-hydroxylation sites is 2. The first-order valence-corrected chi connectivity index (χ1v) is 14.8. The molecule has 1 atom stereocenters. The van der Waals surface area contributed by atoms with Crippen molar-refractivity contribution in [3.8, 4) is 5.75 Å². The number of aromatic nitrogens is 2. The van der Waals surface area contributed by atoms with Crippen LogP contribution in [0, 0.1) is 5.41 Å². The normalized spacial score (nSPS) is 21.3. The topological polar surface area (TPSA) is 84.7 Å². The van der Waals surface area contributed by atoms with Gasteiger partial charge >= 0.3 is 0 Å². The number of carbonyl (C=O) groups excluding carboxylic acids is 2. The fourth-order valence-corrected chi connectivity index (χ4v) is 6.79. The molecule has 0 radical (unpaired) electrons. The number of benzene rings is 2. The van der Waals surface area contributed by atoms with Gasteiger partial charge in [-0.2, -0.15) is 0 Å². The Morgan fingerprint density at radius 1 is 0.950 bits per heavy atom. The predicted octanol–water partition coefficient (Wildman–Crippen LogP) is 4.19. The lowest BCUT2D eigenvalue weighted by Crippen LogP contribution is -2.53. The van der Waals surface area contributed by atoms with E-state index >= 15 is 0 Å². The molecule has 3 aromatic rings. The number of piperidine rings is 1. The third-order valence-electron chi connectivity index (χ3n) is 9.22. The van der Waals surface area contributed by atoms with Gasteiger partial charge in [-0.25, -0.2) is 4.98 Å². The zero-order valence-corrected chi connectivity index (χ0v) is 23.1. The van der Waals surface area contributed by atoms with Gasteiger partial charge in [-0.1, -0.05) is 36.8 Å². The molecule has 210 valence electrons. The maximum Gasteiger partial charge on any atom is 0.261 e. The van der Waals surface area contributed by atoms with Crippen molar-refractivity contribution in [2.75, 3.05) is 26.2 Å². The van der Waals surface area contributed by atoms with Crippen LogP contribution in [0.2, 0.25) is 0 Å². The predicted molar refractivity (Wildman–Crippen MR) is 153 cm³/mol. The van der Waals surface area contributed by atoms with Crippen molar-refractivity contribution in [2.45, 2.75) is 70.4 Å². The number of rotatable bonds is 3. The number of hydrogen-bond acceptors (Lipinski definition) is 5. The Bertz CT molecular complexity index is 1440. The van der Waals surface area contributed by atoms with E-state index in [1.807, 2.05) is 35.2 Å². The van der Waals surface area contributed by atoms with E-state index in [0.29, 0.717) is 50.0 Å². The molecule has 3 aliphatic heterocycles. The number of aryl methyl sites for hydroxylation is 2. The Morgan fingerprint density at radius 3 is 2.62 bits per heavy atom. The van der Waals surface area contributed by atoms with E-state index in [1.165, 1.54) is 16.5 Å². The molecule has 2 fully saturated rings. The average molecular weight is 543 g/mol. The fraction of sp³-hybridized carbons (Fsp3) is 0.500. The minimum Gasteiger partial charge on any atom is -0.491 e. The number of amides is 2. The van der Waals surface area contributed by atoms with Gasteiger partial charge in [-0.3, -0.25) is 19.0 Å². The second-order valence-electron chi connectivity index (χ2n) is 11.6. The molecule has 0 bridgehead atoms. The second-order valence-corrected chi connectivity index (χ2v) is 11.6. The molecule has 40 heavy (non-hydrogen) atoms. The van der Waals surface area contributed by atoms with Gasteiger partial charge in [-0.15, -0.1) is 0 Å². The summed E-state index contributed by atoms with van der Waals surface area (Å²) in [4.78, 5) is 48.5. The molecule has 1 spiro atoms. The largest absolute Gasteiger partial charge is 0.491 e. The Hall–Kier alpha value is -3.68. The van der Waals surface area contributed by atoms with Crippen molar-refractivity contribution in [2.24, 2.45) is 5.41 Å². The highest BCUT2D eigenvalue weighted by Gasteiger charge is 2.46. The van der Waals surface area contributed by atoms with Crippen molar-refractivity contribution in [3.63, 3.8) is 0 Å². The molecule has 6 rings (SSSR count). The molecule has 1 aromatic heterocycles. The van der Waals surface area contributed by atoms with Crippen LogP contribution in [0.4, 0.5) is 0 Å². The molecule has 8 nitrogen and oxygen atoms in total. The Kier molecular flexibility index (Phi) is 7.59. The minimum absolute atomic E-state index is 0.0274. The molecule has 0 saturated carbocycles. The number of hydrogen-bond donors (Lipinski definition) is 0. The Balaban J connectivity index is 1.12. The summed E-state index contributed by atoms with van der Waals surface area (Å²) in [6.07, 6.45) is 8.92. The first kappa shape index (κ1) is 26.5. The number of carbonyl (C=O) groups is 2. The molecule has 8 heteroatoms. The minimum atomic E-state index is -0.419. The molecule has 0 aliphatic carbocycles. The monoisotopic (exact) mass is 542 g/mol. The van der Waals surface area contributed by atoms with E-state index in [4.69, 9.17) is 4.74 Å². The fourth-order valence-electron chi connectivity index (χ4n) is 6.79.